The van der Waals surface area contributed by atoms with Crippen molar-refractivity contribution in [1.82, 2.24) is 4.90 Å². The molecule has 4 aliphatic rings. The van der Waals surface area contributed by atoms with Gasteiger partial charge in [0.15, 0.2) is 5.78 Å². The molecule has 3 aliphatic carbocycles. The molecule has 0 radical (unpaired) electrons. The van der Waals surface area contributed by atoms with Crippen molar-refractivity contribution in [2.75, 3.05) is 0 Å². The van der Waals surface area contributed by atoms with Gasteiger partial charge in [0.25, 0.3) is 5.91 Å². The number of nitrogens with zero attached hydrogens (tertiary/aromatic N) is 2. The maximum Gasteiger partial charge on any atom is 0.262 e. The van der Waals surface area contributed by atoms with Crippen LogP contribution in [-0.4, -0.2) is 40.3 Å². The molecule has 3 fully saturated rings. The topological polar surface area (TPSA) is 66.8 Å². The smallest absolute Gasteiger partial charge is 0.262 e. The molecule has 0 aromatic heterocycles. The number of dihydropyridines is 1. The predicted octanol–water partition coefficient (Wildman–Crippen LogP) is 2.83. The van der Waals surface area contributed by atoms with Crippen molar-refractivity contribution in [1.29, 1.82) is 0 Å². The number of fused-ring (bicyclic) bond motifs is 1. The first kappa shape index (κ1) is 16.7. The maximum atomic E-state index is 13.2. The van der Waals surface area contributed by atoms with Crippen LogP contribution in [-0.2, 0) is 14.4 Å². The molecule has 2 amide bonds. The Hall–Kier alpha value is -1.78. The zero-order chi connectivity index (χ0) is 17.6. The van der Waals surface area contributed by atoms with Crippen LogP contribution in [0.25, 0.3) is 0 Å². The van der Waals surface area contributed by atoms with Gasteiger partial charge in [0.2, 0.25) is 5.91 Å². The van der Waals surface area contributed by atoms with E-state index in [9.17, 15) is 14.4 Å². The molecule has 0 saturated heterocycles. The highest BCUT2D eigenvalue weighted by Crippen LogP contribution is 2.37. The second kappa shape index (κ2) is 6.50. The SMILES string of the molecule is CC1CCC(N(C(=O)C2C=C3C(=O)CCCC3=NC2=O)C2CC2)CC1. The van der Waals surface area contributed by atoms with Gasteiger partial charge in [-0.3, -0.25) is 14.4 Å². The molecule has 4 rings (SSSR count). The van der Waals surface area contributed by atoms with Crippen LogP contribution >= 0.6 is 0 Å². The number of hydrogen-bond acceptors (Lipinski definition) is 3. The number of ketones is 1. The van der Waals surface area contributed by atoms with Gasteiger partial charge in [0, 0.05) is 24.1 Å². The molecule has 1 aliphatic heterocycles. The normalized spacial score (nSPS) is 32.6. The number of carbonyl (C=O) groups excluding carboxylic acids is 3. The Bertz CT molecular complexity index is 666. The first-order valence-corrected chi connectivity index (χ1v) is 9.73. The lowest BCUT2D eigenvalue weighted by atomic mass is 9.84. The molecule has 0 spiro atoms. The van der Waals surface area contributed by atoms with E-state index in [1.165, 1.54) is 0 Å². The molecule has 1 unspecified atom stereocenters. The van der Waals surface area contributed by atoms with Crippen LogP contribution in [0.3, 0.4) is 0 Å². The van der Waals surface area contributed by atoms with Crippen LogP contribution in [0.15, 0.2) is 16.6 Å². The molecule has 5 heteroatoms. The van der Waals surface area contributed by atoms with Gasteiger partial charge in [-0.25, -0.2) is 4.99 Å². The van der Waals surface area contributed by atoms with Gasteiger partial charge >= 0.3 is 0 Å². The Labute approximate surface area is 148 Å². The van der Waals surface area contributed by atoms with Gasteiger partial charge in [0.1, 0.15) is 5.92 Å². The van der Waals surface area contributed by atoms with Gasteiger partial charge < -0.3 is 4.90 Å². The third-order valence-corrected chi connectivity index (χ3v) is 6.11. The third kappa shape index (κ3) is 3.21. The summed E-state index contributed by atoms with van der Waals surface area (Å²) >= 11 is 0. The van der Waals surface area contributed by atoms with E-state index < -0.39 is 5.92 Å². The largest absolute Gasteiger partial charge is 0.336 e. The number of aliphatic imine (C=N–C) groups is 1. The monoisotopic (exact) mass is 342 g/mol. The summed E-state index contributed by atoms with van der Waals surface area (Å²) < 4.78 is 0. The van der Waals surface area contributed by atoms with Crippen molar-refractivity contribution in [3.63, 3.8) is 0 Å². The van der Waals surface area contributed by atoms with Crippen LogP contribution in [0.5, 0.6) is 0 Å². The molecule has 1 heterocycles. The third-order valence-electron chi connectivity index (χ3n) is 6.11. The quantitative estimate of drug-likeness (QED) is 0.741. The van der Waals surface area contributed by atoms with E-state index in [4.69, 9.17) is 0 Å². The lowest BCUT2D eigenvalue weighted by molar-refractivity contribution is -0.142. The summed E-state index contributed by atoms with van der Waals surface area (Å²) in [5.74, 6) is -0.646. The summed E-state index contributed by atoms with van der Waals surface area (Å²) in [5, 5.41) is 0. The molecule has 1 atom stereocenters. The summed E-state index contributed by atoms with van der Waals surface area (Å²) in [5.41, 5.74) is 1.12. The number of amides is 2. The van der Waals surface area contributed by atoms with Gasteiger partial charge in [-0.05, 0) is 57.3 Å². The Morgan fingerprint density at radius 2 is 1.68 bits per heavy atom. The first-order valence-electron chi connectivity index (χ1n) is 9.73. The molecular formula is C20H26N2O3. The fourth-order valence-electron chi connectivity index (χ4n) is 4.46. The molecule has 0 aromatic carbocycles. The van der Waals surface area contributed by atoms with E-state index in [2.05, 4.69) is 11.9 Å². The zero-order valence-electron chi connectivity index (χ0n) is 14.9. The lowest BCUT2D eigenvalue weighted by Crippen LogP contribution is -2.48. The average molecular weight is 342 g/mol. The lowest BCUT2D eigenvalue weighted by Gasteiger charge is -2.38. The standard InChI is InChI=1S/C20H26N2O3/c1-12-5-7-13(8-6-12)22(14-9-10-14)20(25)16-11-15-17(21-19(16)24)3-2-4-18(15)23/h11-14,16H,2-10H2,1H3. The Morgan fingerprint density at radius 1 is 1.04 bits per heavy atom. The van der Waals surface area contributed by atoms with Crippen molar-refractivity contribution in [2.24, 2.45) is 16.8 Å². The first-order chi connectivity index (χ1) is 12.0. The number of carbonyl (C=O) groups is 3. The maximum absolute atomic E-state index is 13.2. The second-order valence-electron chi connectivity index (χ2n) is 8.12. The van der Waals surface area contributed by atoms with Crippen LogP contribution in [0.1, 0.15) is 64.7 Å². The second-order valence-corrected chi connectivity index (χ2v) is 8.12. The summed E-state index contributed by atoms with van der Waals surface area (Å²) in [6.45, 7) is 2.26. The Balaban J connectivity index is 1.57. The molecule has 0 bridgehead atoms. The number of allylic oxidation sites excluding steroid dienone is 1. The fourth-order valence-corrected chi connectivity index (χ4v) is 4.46. The van der Waals surface area contributed by atoms with Crippen molar-refractivity contribution < 1.29 is 14.4 Å². The summed E-state index contributed by atoms with van der Waals surface area (Å²) in [4.78, 5) is 44.0. The molecule has 0 N–H and O–H groups in total. The minimum Gasteiger partial charge on any atom is -0.336 e. The van der Waals surface area contributed by atoms with Crippen molar-refractivity contribution in [3.8, 4) is 0 Å². The zero-order valence-corrected chi connectivity index (χ0v) is 14.9. The van der Waals surface area contributed by atoms with Crippen LogP contribution < -0.4 is 0 Å². The van der Waals surface area contributed by atoms with Gasteiger partial charge in [-0.1, -0.05) is 13.0 Å². The number of Topliss-reactive ketones (excluding diaryl/α,β-unsaturated/α-hetero) is 1. The fraction of sp³-hybridized carbons (Fsp3) is 0.700. The summed E-state index contributed by atoms with van der Waals surface area (Å²) in [6.07, 6.45) is 9.91. The summed E-state index contributed by atoms with van der Waals surface area (Å²) in [7, 11) is 0. The van der Waals surface area contributed by atoms with E-state index in [1.54, 1.807) is 6.08 Å². The van der Waals surface area contributed by atoms with Crippen LogP contribution in [0.2, 0.25) is 0 Å². The van der Waals surface area contributed by atoms with Gasteiger partial charge in [-0.15, -0.1) is 0 Å². The molecule has 5 nitrogen and oxygen atoms in total. The number of hydrogen-bond donors (Lipinski definition) is 0. The Kier molecular flexibility index (Phi) is 4.34. The van der Waals surface area contributed by atoms with Gasteiger partial charge in [-0.2, -0.15) is 0 Å². The molecule has 3 saturated carbocycles. The van der Waals surface area contributed by atoms with E-state index >= 15 is 0 Å². The van der Waals surface area contributed by atoms with Crippen LogP contribution in [0.4, 0.5) is 0 Å². The van der Waals surface area contributed by atoms with E-state index in [0.29, 0.717) is 24.1 Å². The molecule has 134 valence electrons. The highest BCUT2D eigenvalue weighted by atomic mass is 16.2. The minimum atomic E-state index is -0.888. The van der Waals surface area contributed by atoms with Crippen molar-refractivity contribution in [2.45, 2.75) is 76.8 Å². The van der Waals surface area contributed by atoms with Crippen molar-refractivity contribution >= 4 is 23.3 Å². The van der Waals surface area contributed by atoms with Crippen molar-refractivity contribution in [3.05, 3.63) is 11.6 Å². The molecular weight excluding hydrogens is 316 g/mol. The summed E-state index contributed by atoms with van der Waals surface area (Å²) in [6, 6.07) is 0.527. The van der Waals surface area contributed by atoms with Gasteiger partial charge in [0.05, 0.1) is 5.71 Å². The van der Waals surface area contributed by atoms with Crippen LogP contribution in [0, 0.1) is 11.8 Å². The Morgan fingerprint density at radius 3 is 2.32 bits per heavy atom. The predicted molar refractivity (Wildman–Crippen MR) is 94.2 cm³/mol. The van der Waals surface area contributed by atoms with E-state index in [1.807, 2.05) is 4.90 Å². The highest BCUT2D eigenvalue weighted by Gasteiger charge is 2.43. The van der Waals surface area contributed by atoms with E-state index in [0.717, 1.165) is 50.9 Å². The highest BCUT2D eigenvalue weighted by molar-refractivity contribution is 6.28. The number of rotatable bonds is 3. The molecule has 0 aromatic rings. The average Bonchev–Trinajstić information content (AvgIpc) is 3.41. The molecule has 25 heavy (non-hydrogen) atoms. The minimum absolute atomic E-state index is 0.0276. The van der Waals surface area contributed by atoms with E-state index in [-0.39, 0.29) is 29.7 Å².